The Morgan fingerprint density at radius 3 is 2.76 bits per heavy atom. The van der Waals surface area contributed by atoms with Crippen LogP contribution >= 0.6 is 11.3 Å². The summed E-state index contributed by atoms with van der Waals surface area (Å²) in [6.07, 6.45) is 3.50. The van der Waals surface area contributed by atoms with Crippen molar-refractivity contribution in [3.63, 3.8) is 0 Å². The Hall–Kier alpha value is -3.06. The molecule has 0 saturated heterocycles. The van der Waals surface area contributed by atoms with E-state index in [9.17, 15) is 0 Å². The summed E-state index contributed by atoms with van der Waals surface area (Å²) in [6, 6.07) is 10.3. The van der Waals surface area contributed by atoms with Crippen LogP contribution in [0.5, 0.6) is 0 Å². The number of aryl methyl sites for hydroxylation is 2. The Labute approximate surface area is 147 Å². The summed E-state index contributed by atoms with van der Waals surface area (Å²) in [7, 11) is 0. The SMILES string of the molecule is Cc1ccc(-n2ncc3c2ncn2nc(-c4cccs4)nc32)cc1C. The quantitative estimate of drug-likeness (QED) is 0.488. The van der Waals surface area contributed by atoms with Gasteiger partial charge in [0, 0.05) is 0 Å². The van der Waals surface area contributed by atoms with Gasteiger partial charge in [-0.25, -0.2) is 19.2 Å². The Bertz CT molecular complexity index is 1220. The maximum absolute atomic E-state index is 4.69. The average molecular weight is 346 g/mol. The maximum atomic E-state index is 4.69. The molecule has 0 unspecified atom stereocenters. The van der Waals surface area contributed by atoms with Crippen LogP contribution in [0.25, 0.3) is 33.1 Å². The molecule has 0 aliphatic carbocycles. The van der Waals surface area contributed by atoms with Crippen molar-refractivity contribution in [1.29, 1.82) is 0 Å². The zero-order valence-corrected chi connectivity index (χ0v) is 14.5. The zero-order chi connectivity index (χ0) is 17.0. The second kappa shape index (κ2) is 5.22. The Morgan fingerprint density at radius 1 is 1.04 bits per heavy atom. The van der Waals surface area contributed by atoms with E-state index in [1.165, 1.54) is 11.1 Å². The fourth-order valence-electron chi connectivity index (χ4n) is 2.88. The molecule has 0 aliphatic rings. The van der Waals surface area contributed by atoms with Crippen LogP contribution in [0.15, 0.2) is 48.2 Å². The van der Waals surface area contributed by atoms with E-state index in [4.69, 9.17) is 4.98 Å². The molecule has 0 saturated carbocycles. The number of benzene rings is 1. The van der Waals surface area contributed by atoms with Gasteiger partial charge in [0.25, 0.3) is 0 Å². The number of thiophene rings is 1. The summed E-state index contributed by atoms with van der Waals surface area (Å²) in [5, 5.41) is 12.0. The molecular weight excluding hydrogens is 332 g/mol. The molecule has 4 aromatic heterocycles. The summed E-state index contributed by atoms with van der Waals surface area (Å²) in [4.78, 5) is 10.3. The highest BCUT2D eigenvalue weighted by Crippen LogP contribution is 2.25. The van der Waals surface area contributed by atoms with Crippen LogP contribution in [0.2, 0.25) is 0 Å². The number of aromatic nitrogens is 6. The first-order valence-electron chi connectivity index (χ1n) is 7.91. The number of rotatable bonds is 2. The third-order valence-corrected chi connectivity index (χ3v) is 5.25. The Kier molecular flexibility index (Phi) is 2.98. The van der Waals surface area contributed by atoms with Gasteiger partial charge in [-0.05, 0) is 48.6 Å². The zero-order valence-electron chi connectivity index (χ0n) is 13.7. The standard InChI is InChI=1S/C18H14N6S/c1-11-5-6-13(8-12(11)2)24-17-14(9-20-24)18-21-16(15-4-3-7-25-15)22-23(18)10-19-17/h3-10H,1-2H3. The molecule has 0 spiro atoms. The fourth-order valence-corrected chi connectivity index (χ4v) is 3.53. The molecule has 6 nitrogen and oxygen atoms in total. The van der Waals surface area contributed by atoms with Gasteiger partial charge in [-0.2, -0.15) is 5.10 Å². The summed E-state index contributed by atoms with van der Waals surface area (Å²) < 4.78 is 3.56. The molecule has 0 radical (unpaired) electrons. The lowest BCUT2D eigenvalue weighted by atomic mass is 10.1. The van der Waals surface area contributed by atoms with Crippen LogP contribution in [0.3, 0.4) is 0 Å². The van der Waals surface area contributed by atoms with Crippen molar-refractivity contribution in [3.8, 4) is 16.4 Å². The number of nitrogens with zero attached hydrogens (tertiary/aromatic N) is 6. The van der Waals surface area contributed by atoms with Gasteiger partial charge in [-0.15, -0.1) is 16.4 Å². The number of hydrogen-bond donors (Lipinski definition) is 0. The van der Waals surface area contributed by atoms with Gasteiger partial charge in [0.2, 0.25) is 0 Å². The van der Waals surface area contributed by atoms with Crippen LogP contribution in [-0.4, -0.2) is 29.4 Å². The van der Waals surface area contributed by atoms with Crippen molar-refractivity contribution in [2.45, 2.75) is 13.8 Å². The molecule has 7 heteroatoms. The predicted molar refractivity (Wildman–Crippen MR) is 98.2 cm³/mol. The predicted octanol–water partition coefficient (Wildman–Crippen LogP) is 3.81. The largest absolute Gasteiger partial charge is 0.216 e. The summed E-state index contributed by atoms with van der Waals surface area (Å²) in [5.41, 5.74) is 5.02. The van der Waals surface area contributed by atoms with E-state index in [0.29, 0.717) is 5.82 Å². The normalized spacial score (nSPS) is 11.6. The van der Waals surface area contributed by atoms with E-state index >= 15 is 0 Å². The minimum absolute atomic E-state index is 0.711. The van der Waals surface area contributed by atoms with E-state index in [1.807, 2.05) is 22.2 Å². The lowest BCUT2D eigenvalue weighted by Gasteiger charge is -2.06. The maximum Gasteiger partial charge on any atom is 0.192 e. The van der Waals surface area contributed by atoms with Crippen molar-refractivity contribution in [1.82, 2.24) is 29.4 Å². The smallest absolute Gasteiger partial charge is 0.192 e. The van der Waals surface area contributed by atoms with E-state index in [0.717, 1.165) is 27.2 Å². The van der Waals surface area contributed by atoms with Crippen molar-refractivity contribution in [2.75, 3.05) is 0 Å². The van der Waals surface area contributed by atoms with Crippen molar-refractivity contribution >= 4 is 28.0 Å². The van der Waals surface area contributed by atoms with Gasteiger partial charge in [-0.3, -0.25) is 0 Å². The third-order valence-electron chi connectivity index (χ3n) is 4.38. The van der Waals surface area contributed by atoms with E-state index in [2.05, 4.69) is 47.2 Å². The van der Waals surface area contributed by atoms with Gasteiger partial charge in [0.05, 0.1) is 22.1 Å². The lowest BCUT2D eigenvalue weighted by molar-refractivity contribution is 0.881. The molecule has 1 aromatic carbocycles. The van der Waals surface area contributed by atoms with Crippen molar-refractivity contribution < 1.29 is 0 Å². The summed E-state index contributed by atoms with van der Waals surface area (Å²) in [6.45, 7) is 4.20. The summed E-state index contributed by atoms with van der Waals surface area (Å²) in [5.74, 6) is 0.711. The minimum Gasteiger partial charge on any atom is -0.216 e. The van der Waals surface area contributed by atoms with E-state index in [1.54, 1.807) is 28.4 Å². The van der Waals surface area contributed by atoms with Crippen LogP contribution < -0.4 is 0 Å². The Balaban J connectivity index is 1.73. The van der Waals surface area contributed by atoms with Gasteiger partial charge in [0.15, 0.2) is 17.1 Å². The van der Waals surface area contributed by atoms with Gasteiger partial charge >= 0.3 is 0 Å². The van der Waals surface area contributed by atoms with E-state index in [-0.39, 0.29) is 0 Å². The van der Waals surface area contributed by atoms with Crippen molar-refractivity contribution in [2.24, 2.45) is 0 Å². The molecule has 0 bridgehead atoms. The summed E-state index contributed by atoms with van der Waals surface area (Å²) >= 11 is 1.62. The Morgan fingerprint density at radius 2 is 1.96 bits per heavy atom. The second-order valence-corrected chi connectivity index (χ2v) is 6.94. The molecule has 5 aromatic rings. The molecule has 4 heterocycles. The second-order valence-electron chi connectivity index (χ2n) is 5.99. The van der Waals surface area contributed by atoms with Gasteiger partial charge in [0.1, 0.15) is 6.33 Å². The van der Waals surface area contributed by atoms with E-state index < -0.39 is 0 Å². The van der Waals surface area contributed by atoms with Crippen molar-refractivity contribution in [3.05, 3.63) is 59.4 Å². The topological polar surface area (TPSA) is 60.9 Å². The first-order chi connectivity index (χ1) is 12.2. The first-order valence-corrected chi connectivity index (χ1v) is 8.79. The molecule has 122 valence electrons. The molecule has 25 heavy (non-hydrogen) atoms. The molecule has 0 atom stereocenters. The van der Waals surface area contributed by atoms with Crippen LogP contribution in [0.4, 0.5) is 0 Å². The van der Waals surface area contributed by atoms with Gasteiger partial charge < -0.3 is 0 Å². The number of hydrogen-bond acceptors (Lipinski definition) is 5. The van der Waals surface area contributed by atoms with Crippen LogP contribution in [0, 0.1) is 13.8 Å². The highest BCUT2D eigenvalue weighted by atomic mass is 32.1. The fraction of sp³-hybridized carbons (Fsp3) is 0.111. The molecular formula is C18H14N6S. The molecule has 0 fully saturated rings. The average Bonchev–Trinajstić information content (AvgIpc) is 3.34. The molecule has 0 aliphatic heterocycles. The first kappa shape index (κ1) is 14.3. The minimum atomic E-state index is 0.711. The number of fused-ring (bicyclic) bond motifs is 3. The monoisotopic (exact) mass is 346 g/mol. The third kappa shape index (κ3) is 2.16. The molecule has 0 amide bonds. The molecule has 0 N–H and O–H groups in total. The van der Waals surface area contributed by atoms with Gasteiger partial charge in [-0.1, -0.05) is 12.1 Å². The van der Waals surface area contributed by atoms with Crippen LogP contribution in [-0.2, 0) is 0 Å². The molecule has 5 rings (SSSR count). The highest BCUT2D eigenvalue weighted by Gasteiger charge is 2.14. The highest BCUT2D eigenvalue weighted by molar-refractivity contribution is 7.13. The van der Waals surface area contributed by atoms with Crippen LogP contribution in [0.1, 0.15) is 11.1 Å². The lowest BCUT2D eigenvalue weighted by Crippen LogP contribution is -1.99.